The number of hydrogen-bond acceptors (Lipinski definition) is 6. The predicted molar refractivity (Wildman–Crippen MR) is 134 cm³/mol. The number of anilines is 1. The van der Waals surface area contributed by atoms with Gasteiger partial charge < -0.3 is 9.64 Å². The van der Waals surface area contributed by atoms with E-state index < -0.39 is 4.75 Å². The summed E-state index contributed by atoms with van der Waals surface area (Å²) in [6.07, 6.45) is 1.93. The second kappa shape index (κ2) is 9.02. The van der Waals surface area contributed by atoms with Gasteiger partial charge in [0.2, 0.25) is 5.91 Å². The highest BCUT2D eigenvalue weighted by molar-refractivity contribution is 8.15. The van der Waals surface area contributed by atoms with Crippen molar-refractivity contribution in [1.29, 1.82) is 0 Å². The van der Waals surface area contributed by atoms with Crippen LogP contribution < -0.4 is 9.64 Å². The van der Waals surface area contributed by atoms with Gasteiger partial charge in [0.15, 0.2) is 0 Å². The highest BCUT2D eigenvalue weighted by Gasteiger charge is 2.39. The molecule has 2 heterocycles. The maximum Gasteiger partial charge on any atom is 0.309 e. The van der Waals surface area contributed by atoms with Crippen molar-refractivity contribution in [3.05, 3.63) is 59.2 Å². The zero-order valence-corrected chi connectivity index (χ0v) is 20.4. The molecule has 0 saturated heterocycles. The number of ether oxygens (including phenoxy) is 1. The van der Waals surface area contributed by atoms with E-state index in [0.29, 0.717) is 0 Å². The van der Waals surface area contributed by atoms with Gasteiger partial charge in [-0.2, -0.15) is 10.1 Å². The average molecular weight is 465 g/mol. The Hall–Kier alpha value is -3.13. The molecule has 7 nitrogen and oxygen atoms in total. The van der Waals surface area contributed by atoms with Gasteiger partial charge in [0, 0.05) is 31.8 Å². The quantitative estimate of drug-likeness (QED) is 0.485. The van der Waals surface area contributed by atoms with Crippen LogP contribution in [0.1, 0.15) is 43.9 Å². The lowest BCUT2D eigenvalue weighted by molar-refractivity contribution is -0.125. The predicted octanol–water partition coefficient (Wildman–Crippen LogP) is 4.72. The van der Waals surface area contributed by atoms with Gasteiger partial charge in [-0.15, -0.1) is 0 Å². The van der Waals surface area contributed by atoms with Crippen molar-refractivity contribution in [2.45, 2.75) is 38.4 Å². The number of carbonyl (C=O) groups excluding carboxylic acids is 2. The van der Waals surface area contributed by atoms with Crippen LogP contribution >= 0.6 is 11.8 Å². The lowest BCUT2D eigenvalue weighted by atomic mass is 9.93. The van der Waals surface area contributed by atoms with Crippen molar-refractivity contribution in [1.82, 2.24) is 5.01 Å². The average Bonchev–Trinajstić information content (AvgIpc) is 2.79. The molecular formula is C25H28N4O3S. The van der Waals surface area contributed by atoms with E-state index in [-0.39, 0.29) is 11.1 Å². The number of nitrogens with zero attached hydrogens (tertiary/aromatic N) is 4. The van der Waals surface area contributed by atoms with Gasteiger partial charge in [-0.1, -0.05) is 6.07 Å². The summed E-state index contributed by atoms with van der Waals surface area (Å²) in [6, 6.07) is 14.2. The third-order valence-electron chi connectivity index (χ3n) is 5.87. The molecule has 33 heavy (non-hydrogen) atoms. The molecule has 0 atom stereocenters. The Morgan fingerprint density at radius 3 is 2.55 bits per heavy atom. The van der Waals surface area contributed by atoms with Gasteiger partial charge in [-0.05, 0) is 86.0 Å². The van der Waals surface area contributed by atoms with Crippen molar-refractivity contribution in [2.24, 2.45) is 10.1 Å². The summed E-state index contributed by atoms with van der Waals surface area (Å²) in [7, 11) is 3.47. The third-order valence-corrected chi connectivity index (χ3v) is 6.92. The van der Waals surface area contributed by atoms with Crippen LogP contribution in [0.3, 0.4) is 0 Å². The van der Waals surface area contributed by atoms with E-state index in [2.05, 4.69) is 27.1 Å². The van der Waals surface area contributed by atoms with E-state index in [1.165, 1.54) is 12.5 Å². The number of hydrogen-bond donors (Lipinski definition) is 0. The molecule has 0 unspecified atom stereocenters. The zero-order chi connectivity index (χ0) is 23.8. The van der Waals surface area contributed by atoms with Crippen LogP contribution in [0.2, 0.25) is 0 Å². The molecule has 172 valence electrons. The van der Waals surface area contributed by atoms with E-state index in [4.69, 9.17) is 4.74 Å². The number of benzene rings is 2. The SMILES string of the molecule is C/N=C(/c1ccc(OC)cc1)N1CCCc2cc(C3=NN(C(C)=O)C(=O)SC3(C)C)ccc21. The van der Waals surface area contributed by atoms with E-state index in [0.717, 1.165) is 70.3 Å². The number of imide groups is 1. The highest BCUT2D eigenvalue weighted by Crippen LogP contribution is 2.38. The number of fused-ring (bicyclic) bond motifs is 1. The van der Waals surface area contributed by atoms with Gasteiger partial charge in [0.25, 0.3) is 0 Å². The van der Waals surface area contributed by atoms with Crippen LogP contribution in [0.5, 0.6) is 5.75 Å². The fourth-order valence-electron chi connectivity index (χ4n) is 4.29. The van der Waals surface area contributed by atoms with Crippen molar-refractivity contribution in [2.75, 3.05) is 25.6 Å². The van der Waals surface area contributed by atoms with Crippen LogP contribution in [0, 0.1) is 0 Å². The molecule has 2 aliphatic rings. The molecule has 2 aromatic carbocycles. The Bertz CT molecular complexity index is 1150. The first-order chi connectivity index (χ1) is 15.7. The van der Waals surface area contributed by atoms with Crippen LogP contribution in [0.4, 0.5) is 10.5 Å². The molecule has 0 spiro atoms. The molecule has 8 heteroatoms. The Morgan fingerprint density at radius 2 is 1.91 bits per heavy atom. The van der Waals surface area contributed by atoms with E-state index >= 15 is 0 Å². The summed E-state index contributed by atoms with van der Waals surface area (Å²) < 4.78 is 4.75. The van der Waals surface area contributed by atoms with E-state index in [1.807, 2.05) is 51.2 Å². The molecule has 2 amide bonds. The number of rotatable bonds is 3. The summed E-state index contributed by atoms with van der Waals surface area (Å²) in [5.74, 6) is 1.34. The van der Waals surface area contributed by atoms with E-state index in [1.54, 1.807) is 7.11 Å². The molecule has 0 N–H and O–H groups in total. The van der Waals surface area contributed by atoms with Gasteiger partial charge in [0.1, 0.15) is 11.6 Å². The zero-order valence-electron chi connectivity index (χ0n) is 19.6. The number of amides is 2. The molecular weight excluding hydrogens is 436 g/mol. The lowest BCUT2D eigenvalue weighted by Crippen LogP contribution is -2.43. The van der Waals surface area contributed by atoms with Crippen LogP contribution in [-0.4, -0.2) is 53.2 Å². The molecule has 4 rings (SSSR count). The van der Waals surface area contributed by atoms with Crippen molar-refractivity contribution >= 4 is 40.1 Å². The lowest BCUT2D eigenvalue weighted by Gasteiger charge is -2.35. The minimum Gasteiger partial charge on any atom is -0.497 e. The number of methoxy groups -OCH3 is 1. The minimum atomic E-state index is -0.537. The fourth-order valence-corrected chi connectivity index (χ4v) is 5.23. The molecule has 0 fully saturated rings. The maximum atomic E-state index is 12.3. The standard InChI is InChI=1S/C25H28N4O3S/c1-16(30)29-24(31)33-25(2,3)22(27-29)19-10-13-21-18(15-19)7-6-14-28(21)23(26-4)17-8-11-20(32-5)12-9-17/h8-13,15H,6-7,14H2,1-5H3/b26-23-. The molecule has 2 aromatic rings. The summed E-state index contributed by atoms with van der Waals surface area (Å²) in [6.45, 7) is 6.15. The van der Waals surface area contributed by atoms with E-state index in [9.17, 15) is 9.59 Å². The molecule has 0 aromatic heterocycles. The molecule has 0 aliphatic carbocycles. The number of thioether (sulfide) groups is 1. The number of aliphatic imine (C=N–C) groups is 1. The van der Waals surface area contributed by atoms with Crippen molar-refractivity contribution < 1.29 is 14.3 Å². The van der Waals surface area contributed by atoms with Gasteiger partial charge >= 0.3 is 5.24 Å². The Kier molecular flexibility index (Phi) is 6.30. The number of carbonyl (C=O) groups is 2. The number of hydrazone groups is 1. The summed E-state index contributed by atoms with van der Waals surface area (Å²) in [4.78, 5) is 31.1. The normalized spacial score (nSPS) is 18.0. The maximum absolute atomic E-state index is 12.3. The monoisotopic (exact) mass is 464 g/mol. The van der Waals surface area contributed by atoms with Crippen LogP contribution in [0.15, 0.2) is 52.6 Å². The summed E-state index contributed by atoms with van der Waals surface area (Å²) in [5, 5.41) is 5.07. The van der Waals surface area contributed by atoms with Gasteiger partial charge in [0.05, 0.1) is 17.6 Å². The molecule has 0 bridgehead atoms. The Morgan fingerprint density at radius 1 is 1.18 bits per heavy atom. The fraction of sp³-hybridized carbons (Fsp3) is 0.360. The second-order valence-electron chi connectivity index (χ2n) is 8.53. The first-order valence-corrected chi connectivity index (χ1v) is 11.7. The van der Waals surface area contributed by atoms with Crippen molar-refractivity contribution in [3.63, 3.8) is 0 Å². The van der Waals surface area contributed by atoms with Crippen LogP contribution in [-0.2, 0) is 11.2 Å². The first-order valence-electron chi connectivity index (χ1n) is 10.9. The van der Waals surface area contributed by atoms with Crippen LogP contribution in [0.25, 0.3) is 0 Å². The number of amidine groups is 1. The molecule has 0 radical (unpaired) electrons. The summed E-state index contributed by atoms with van der Waals surface area (Å²) in [5.41, 5.74) is 4.99. The Labute approximate surface area is 198 Å². The minimum absolute atomic E-state index is 0.344. The molecule has 0 saturated carbocycles. The Balaban J connectivity index is 1.72. The smallest absolute Gasteiger partial charge is 0.309 e. The second-order valence-corrected chi connectivity index (χ2v) is 10.1. The summed E-state index contributed by atoms with van der Waals surface area (Å²) >= 11 is 1.13. The highest BCUT2D eigenvalue weighted by atomic mass is 32.2. The largest absolute Gasteiger partial charge is 0.497 e. The van der Waals surface area contributed by atoms with Gasteiger partial charge in [-0.25, -0.2) is 0 Å². The molecule has 2 aliphatic heterocycles. The first kappa shape index (κ1) is 23.0. The number of aryl methyl sites for hydroxylation is 1. The topological polar surface area (TPSA) is 74.6 Å². The van der Waals surface area contributed by atoms with Gasteiger partial charge in [-0.3, -0.25) is 14.6 Å². The third kappa shape index (κ3) is 4.39. The van der Waals surface area contributed by atoms with Crippen molar-refractivity contribution in [3.8, 4) is 5.75 Å².